The minimum atomic E-state index is -4.47. The maximum Gasteiger partial charge on any atom is 0.422 e. The van der Waals surface area contributed by atoms with Gasteiger partial charge in [0.05, 0.1) is 0 Å². The highest BCUT2D eigenvalue weighted by molar-refractivity contribution is 5.67. The number of halogens is 3. The van der Waals surface area contributed by atoms with Crippen molar-refractivity contribution in [1.29, 1.82) is 0 Å². The van der Waals surface area contributed by atoms with E-state index in [0.29, 0.717) is 0 Å². The van der Waals surface area contributed by atoms with Crippen LogP contribution >= 0.6 is 0 Å². The molecular weight excluding hydrogens is 223 g/mol. The number of amides is 1. The summed E-state index contributed by atoms with van der Waals surface area (Å²) in [6, 6.07) is -0.103. The van der Waals surface area contributed by atoms with Crippen molar-refractivity contribution in [3.63, 3.8) is 0 Å². The normalized spacial score (nSPS) is 24.2. The van der Waals surface area contributed by atoms with E-state index in [1.54, 1.807) is 0 Å². The molecule has 1 aliphatic rings. The van der Waals surface area contributed by atoms with Gasteiger partial charge in [0.1, 0.15) is 0 Å². The topological polar surface area (TPSA) is 38.3 Å². The summed E-state index contributed by atoms with van der Waals surface area (Å²) in [5, 5.41) is 2.48. The van der Waals surface area contributed by atoms with Gasteiger partial charge in [0.2, 0.25) is 0 Å². The largest absolute Gasteiger partial charge is 0.440 e. The first kappa shape index (κ1) is 13.1. The Hall–Kier alpha value is -0.940. The average Bonchev–Trinajstić information content (AvgIpc) is 2.42. The minimum Gasteiger partial charge on any atom is -0.440 e. The fourth-order valence-electron chi connectivity index (χ4n) is 1.93. The number of nitrogens with one attached hydrogen (secondary N) is 1. The zero-order valence-corrected chi connectivity index (χ0v) is 9.36. The third-order valence-corrected chi connectivity index (χ3v) is 2.92. The Morgan fingerprint density at radius 2 is 2.12 bits per heavy atom. The maximum atomic E-state index is 11.8. The summed E-state index contributed by atoms with van der Waals surface area (Å²) in [5.74, 6) is 0. The lowest BCUT2D eigenvalue weighted by molar-refractivity contribution is -0.160. The molecule has 0 aliphatic heterocycles. The van der Waals surface area contributed by atoms with E-state index >= 15 is 0 Å². The number of rotatable bonds is 2. The van der Waals surface area contributed by atoms with Crippen LogP contribution in [0.4, 0.5) is 18.0 Å². The fraction of sp³-hybridized carbons (Fsp3) is 0.900. The van der Waals surface area contributed by atoms with Gasteiger partial charge in [-0.3, -0.25) is 0 Å². The monoisotopic (exact) mass is 239 g/mol. The van der Waals surface area contributed by atoms with Gasteiger partial charge in [-0.1, -0.05) is 20.3 Å². The van der Waals surface area contributed by atoms with Crippen molar-refractivity contribution >= 4 is 6.09 Å². The van der Waals surface area contributed by atoms with Crippen LogP contribution in [0.1, 0.15) is 33.1 Å². The van der Waals surface area contributed by atoms with Gasteiger partial charge in [-0.2, -0.15) is 13.2 Å². The second-order valence-corrected chi connectivity index (χ2v) is 4.77. The van der Waals surface area contributed by atoms with Crippen molar-refractivity contribution in [1.82, 2.24) is 5.32 Å². The minimum absolute atomic E-state index is 0.0722. The molecule has 6 heteroatoms. The van der Waals surface area contributed by atoms with E-state index in [0.717, 1.165) is 19.3 Å². The van der Waals surface area contributed by atoms with E-state index in [4.69, 9.17) is 0 Å². The molecule has 1 rings (SSSR count). The molecule has 1 saturated carbocycles. The zero-order valence-electron chi connectivity index (χ0n) is 9.36. The SMILES string of the molecule is CC1(C)CCCC1NC(=O)OCC(F)(F)F. The molecule has 1 N–H and O–H groups in total. The molecule has 0 aromatic rings. The molecule has 1 amide bonds. The van der Waals surface area contributed by atoms with Crippen LogP contribution in [0, 0.1) is 5.41 Å². The first-order valence-corrected chi connectivity index (χ1v) is 5.21. The molecule has 0 aromatic heterocycles. The van der Waals surface area contributed by atoms with Crippen LogP contribution in [0.3, 0.4) is 0 Å². The van der Waals surface area contributed by atoms with Gasteiger partial charge in [0.15, 0.2) is 6.61 Å². The highest BCUT2D eigenvalue weighted by Crippen LogP contribution is 2.37. The second kappa shape index (κ2) is 4.51. The van der Waals surface area contributed by atoms with Crippen LogP contribution < -0.4 is 5.32 Å². The van der Waals surface area contributed by atoms with Crippen molar-refractivity contribution in [3.8, 4) is 0 Å². The summed E-state index contributed by atoms with van der Waals surface area (Å²) in [4.78, 5) is 11.1. The molecule has 0 aromatic carbocycles. The van der Waals surface area contributed by atoms with Crippen LogP contribution in [0.2, 0.25) is 0 Å². The number of hydrogen-bond acceptors (Lipinski definition) is 2. The number of alkyl carbamates (subject to hydrolysis) is 1. The molecule has 1 aliphatic carbocycles. The molecule has 0 heterocycles. The van der Waals surface area contributed by atoms with Crippen molar-refractivity contribution in [3.05, 3.63) is 0 Å². The smallest absolute Gasteiger partial charge is 0.422 e. The van der Waals surface area contributed by atoms with E-state index in [1.807, 2.05) is 13.8 Å². The molecule has 1 unspecified atom stereocenters. The lowest BCUT2D eigenvalue weighted by Gasteiger charge is -2.27. The zero-order chi connectivity index (χ0) is 12.4. The lowest BCUT2D eigenvalue weighted by Crippen LogP contribution is -2.42. The van der Waals surface area contributed by atoms with E-state index < -0.39 is 18.9 Å². The summed E-state index contributed by atoms with van der Waals surface area (Å²) >= 11 is 0. The molecule has 16 heavy (non-hydrogen) atoms. The van der Waals surface area contributed by atoms with Gasteiger partial charge in [0.25, 0.3) is 0 Å². The molecule has 0 saturated heterocycles. The summed E-state index contributed by atoms with van der Waals surface area (Å²) in [5.41, 5.74) is -0.0722. The summed E-state index contributed by atoms with van der Waals surface area (Å²) < 4.78 is 39.4. The first-order chi connectivity index (χ1) is 7.21. The molecule has 1 fully saturated rings. The van der Waals surface area contributed by atoms with Gasteiger partial charge < -0.3 is 10.1 Å². The van der Waals surface area contributed by atoms with E-state index in [1.165, 1.54) is 0 Å². The maximum absolute atomic E-state index is 11.8. The lowest BCUT2D eigenvalue weighted by atomic mass is 9.87. The fourth-order valence-corrected chi connectivity index (χ4v) is 1.93. The van der Waals surface area contributed by atoms with Crippen LogP contribution in [0.5, 0.6) is 0 Å². The van der Waals surface area contributed by atoms with Crippen LogP contribution in [-0.4, -0.2) is 24.9 Å². The summed E-state index contributed by atoms with van der Waals surface area (Å²) in [6.07, 6.45) is -2.75. The Bertz CT molecular complexity index is 263. The number of carbonyl (C=O) groups excluding carboxylic acids is 1. The quantitative estimate of drug-likeness (QED) is 0.804. The van der Waals surface area contributed by atoms with Crippen molar-refractivity contribution in [2.45, 2.75) is 45.3 Å². The standard InChI is InChI=1S/C10H16F3NO2/c1-9(2)5-3-4-7(9)14-8(15)16-6-10(11,12)13/h7H,3-6H2,1-2H3,(H,14,15). The van der Waals surface area contributed by atoms with Gasteiger partial charge in [-0.25, -0.2) is 4.79 Å². The van der Waals surface area contributed by atoms with E-state index in [9.17, 15) is 18.0 Å². The molecule has 94 valence electrons. The Kier molecular flexibility index (Phi) is 3.70. The highest BCUT2D eigenvalue weighted by Gasteiger charge is 2.36. The number of alkyl halides is 3. The van der Waals surface area contributed by atoms with Gasteiger partial charge in [-0.05, 0) is 18.3 Å². The van der Waals surface area contributed by atoms with Crippen molar-refractivity contribution in [2.75, 3.05) is 6.61 Å². The number of ether oxygens (including phenoxy) is 1. The summed E-state index contributed by atoms with van der Waals surface area (Å²) in [7, 11) is 0. The molecule has 0 bridgehead atoms. The van der Waals surface area contributed by atoms with Gasteiger partial charge in [-0.15, -0.1) is 0 Å². The molecule has 0 spiro atoms. The predicted octanol–water partition coefficient (Wildman–Crippen LogP) is 2.85. The van der Waals surface area contributed by atoms with Crippen LogP contribution in [-0.2, 0) is 4.74 Å². The molecule has 3 nitrogen and oxygen atoms in total. The number of carbonyl (C=O) groups is 1. The van der Waals surface area contributed by atoms with E-state index in [2.05, 4.69) is 10.1 Å². The highest BCUT2D eigenvalue weighted by atomic mass is 19.4. The third-order valence-electron chi connectivity index (χ3n) is 2.92. The molecule has 0 radical (unpaired) electrons. The van der Waals surface area contributed by atoms with Crippen LogP contribution in [0.25, 0.3) is 0 Å². The Balaban J connectivity index is 2.35. The Morgan fingerprint density at radius 1 is 1.50 bits per heavy atom. The van der Waals surface area contributed by atoms with Crippen molar-refractivity contribution in [2.24, 2.45) is 5.41 Å². The Labute approximate surface area is 92.3 Å². The predicted molar refractivity (Wildman–Crippen MR) is 52.0 cm³/mol. The molecular formula is C10H16F3NO2. The first-order valence-electron chi connectivity index (χ1n) is 5.21. The molecule has 1 atom stereocenters. The van der Waals surface area contributed by atoms with E-state index in [-0.39, 0.29) is 11.5 Å². The van der Waals surface area contributed by atoms with Gasteiger partial charge >= 0.3 is 12.3 Å². The number of hydrogen-bond donors (Lipinski definition) is 1. The summed E-state index contributed by atoms with van der Waals surface area (Å²) in [6.45, 7) is 2.43. The average molecular weight is 239 g/mol. The second-order valence-electron chi connectivity index (χ2n) is 4.77. The third kappa shape index (κ3) is 3.90. The van der Waals surface area contributed by atoms with Crippen molar-refractivity contribution < 1.29 is 22.7 Å². The van der Waals surface area contributed by atoms with Gasteiger partial charge in [0, 0.05) is 6.04 Å². The van der Waals surface area contributed by atoms with Crippen LogP contribution in [0.15, 0.2) is 0 Å². The Morgan fingerprint density at radius 3 is 2.56 bits per heavy atom.